The van der Waals surface area contributed by atoms with Gasteiger partial charge in [-0.25, -0.2) is 8.42 Å². The summed E-state index contributed by atoms with van der Waals surface area (Å²) in [7, 11) is -3.66. The molecule has 1 aliphatic rings. The van der Waals surface area contributed by atoms with Gasteiger partial charge in [-0.2, -0.15) is 4.31 Å². The van der Waals surface area contributed by atoms with E-state index in [2.05, 4.69) is 12.2 Å². The number of sulfonamides is 1. The molecule has 6 heteroatoms. The van der Waals surface area contributed by atoms with Crippen molar-refractivity contribution >= 4 is 21.6 Å². The maximum absolute atomic E-state index is 12.8. The van der Waals surface area contributed by atoms with Crippen LogP contribution in [0.15, 0.2) is 59.5 Å². The smallest absolute Gasteiger partial charge is 0.243 e. The fourth-order valence-electron chi connectivity index (χ4n) is 3.07. The molecule has 0 saturated carbocycles. The van der Waals surface area contributed by atoms with Crippen LogP contribution in [0.3, 0.4) is 0 Å². The lowest BCUT2D eigenvalue weighted by Gasteiger charge is -2.23. The number of hydrogen-bond donors (Lipinski definition) is 1. The van der Waals surface area contributed by atoms with Crippen LogP contribution in [0.4, 0.5) is 5.69 Å². The normalized spacial score (nSPS) is 18.2. The van der Waals surface area contributed by atoms with Crippen LogP contribution in [0.25, 0.3) is 0 Å². The number of benzene rings is 2. The van der Waals surface area contributed by atoms with Gasteiger partial charge in [0.05, 0.1) is 4.90 Å². The minimum absolute atomic E-state index is 0.224. The number of aryl methyl sites for hydroxylation is 1. The third-order valence-corrected chi connectivity index (χ3v) is 6.41. The van der Waals surface area contributed by atoms with Gasteiger partial charge in [-0.15, -0.1) is 0 Å². The van der Waals surface area contributed by atoms with E-state index in [0.717, 1.165) is 6.42 Å². The summed E-state index contributed by atoms with van der Waals surface area (Å²) in [5.74, 6) is -0.277. The molecule has 0 bridgehead atoms. The molecule has 2 aromatic rings. The van der Waals surface area contributed by atoms with Gasteiger partial charge < -0.3 is 5.32 Å². The Morgan fingerprint density at radius 3 is 2.44 bits per heavy atom. The molecule has 1 amide bonds. The molecule has 1 unspecified atom stereocenters. The van der Waals surface area contributed by atoms with Gasteiger partial charge in [-0.1, -0.05) is 37.3 Å². The molecule has 2 aromatic carbocycles. The Balaban J connectivity index is 1.77. The second-order valence-electron chi connectivity index (χ2n) is 6.13. The Bertz CT molecular complexity index is 833. The van der Waals surface area contributed by atoms with E-state index in [1.165, 1.54) is 9.87 Å². The third-order valence-electron chi connectivity index (χ3n) is 4.49. The highest BCUT2D eigenvalue weighted by Crippen LogP contribution is 2.27. The van der Waals surface area contributed by atoms with Gasteiger partial charge in [0.1, 0.15) is 6.04 Å². The van der Waals surface area contributed by atoms with E-state index in [9.17, 15) is 13.2 Å². The molecule has 132 valence electrons. The van der Waals surface area contributed by atoms with E-state index < -0.39 is 16.1 Å². The molecule has 1 atom stereocenters. The van der Waals surface area contributed by atoms with Gasteiger partial charge >= 0.3 is 0 Å². The van der Waals surface area contributed by atoms with Crippen LogP contribution < -0.4 is 5.32 Å². The van der Waals surface area contributed by atoms with Gasteiger partial charge in [0.25, 0.3) is 0 Å². The number of nitrogens with one attached hydrogen (secondary N) is 1. The topological polar surface area (TPSA) is 66.5 Å². The minimum Gasteiger partial charge on any atom is -0.325 e. The number of amides is 1. The van der Waals surface area contributed by atoms with Crippen molar-refractivity contribution in [3.05, 3.63) is 60.2 Å². The van der Waals surface area contributed by atoms with Gasteiger partial charge in [-0.05, 0) is 49.1 Å². The zero-order chi connectivity index (χ0) is 17.9. The van der Waals surface area contributed by atoms with Crippen LogP contribution in [0, 0.1) is 0 Å². The lowest BCUT2D eigenvalue weighted by Crippen LogP contribution is -2.43. The maximum Gasteiger partial charge on any atom is 0.243 e. The highest BCUT2D eigenvalue weighted by Gasteiger charge is 2.39. The average molecular weight is 358 g/mol. The molecule has 1 N–H and O–H groups in total. The molecule has 1 heterocycles. The summed E-state index contributed by atoms with van der Waals surface area (Å²) in [4.78, 5) is 12.9. The number of rotatable bonds is 5. The molecule has 1 saturated heterocycles. The predicted octanol–water partition coefficient (Wildman–Crippen LogP) is 3.04. The van der Waals surface area contributed by atoms with Crippen LogP contribution in [0.2, 0.25) is 0 Å². The highest BCUT2D eigenvalue weighted by atomic mass is 32.2. The van der Waals surface area contributed by atoms with E-state index in [4.69, 9.17) is 0 Å². The summed E-state index contributed by atoms with van der Waals surface area (Å²) in [5, 5.41) is 2.84. The number of carbonyl (C=O) groups is 1. The van der Waals surface area contributed by atoms with E-state index in [1.54, 1.807) is 30.3 Å². The summed E-state index contributed by atoms with van der Waals surface area (Å²) in [6.45, 7) is 2.43. The summed E-state index contributed by atoms with van der Waals surface area (Å²) in [6, 6.07) is 15.2. The Hall–Kier alpha value is -2.18. The quantitative estimate of drug-likeness (QED) is 0.893. The average Bonchev–Trinajstić information content (AvgIpc) is 3.14. The zero-order valence-corrected chi connectivity index (χ0v) is 15.0. The zero-order valence-electron chi connectivity index (χ0n) is 14.2. The van der Waals surface area contributed by atoms with Crippen molar-refractivity contribution in [1.82, 2.24) is 4.31 Å². The molecule has 0 aliphatic carbocycles. The highest BCUT2D eigenvalue weighted by molar-refractivity contribution is 7.89. The molecule has 1 aliphatic heterocycles. The van der Waals surface area contributed by atoms with E-state index in [-0.39, 0.29) is 10.8 Å². The van der Waals surface area contributed by atoms with Crippen molar-refractivity contribution in [2.75, 3.05) is 11.9 Å². The Kier molecular flexibility index (Phi) is 5.20. The van der Waals surface area contributed by atoms with Crippen molar-refractivity contribution in [2.24, 2.45) is 0 Å². The van der Waals surface area contributed by atoms with Crippen LogP contribution in [0.5, 0.6) is 0 Å². The first-order valence-corrected chi connectivity index (χ1v) is 9.93. The standard InChI is InChI=1S/C19H22N2O3S/c1-2-15-10-12-16(13-11-15)20-19(22)18-9-6-14-21(18)25(23,24)17-7-4-3-5-8-17/h3-5,7-8,10-13,18H,2,6,9,14H2,1H3,(H,20,22). The molecule has 3 rings (SSSR count). The fourth-order valence-corrected chi connectivity index (χ4v) is 4.74. The number of carbonyl (C=O) groups excluding carboxylic acids is 1. The largest absolute Gasteiger partial charge is 0.325 e. The van der Waals surface area contributed by atoms with E-state index in [0.29, 0.717) is 25.1 Å². The second kappa shape index (κ2) is 7.37. The van der Waals surface area contributed by atoms with Gasteiger partial charge in [0.2, 0.25) is 15.9 Å². The fraction of sp³-hybridized carbons (Fsp3) is 0.316. The summed E-state index contributed by atoms with van der Waals surface area (Å²) >= 11 is 0. The van der Waals surface area contributed by atoms with Crippen molar-refractivity contribution in [2.45, 2.75) is 37.1 Å². The first kappa shape index (κ1) is 17.6. The lowest BCUT2D eigenvalue weighted by molar-refractivity contribution is -0.119. The summed E-state index contributed by atoms with van der Waals surface area (Å²) in [5.41, 5.74) is 1.87. The van der Waals surface area contributed by atoms with Crippen molar-refractivity contribution in [3.63, 3.8) is 0 Å². The number of hydrogen-bond acceptors (Lipinski definition) is 3. The van der Waals surface area contributed by atoms with Crippen LogP contribution in [-0.4, -0.2) is 31.2 Å². The van der Waals surface area contributed by atoms with Crippen molar-refractivity contribution in [1.29, 1.82) is 0 Å². The lowest BCUT2D eigenvalue weighted by atomic mass is 10.1. The van der Waals surface area contributed by atoms with E-state index >= 15 is 0 Å². The monoisotopic (exact) mass is 358 g/mol. The van der Waals surface area contributed by atoms with Gasteiger partial charge in [-0.3, -0.25) is 4.79 Å². The van der Waals surface area contributed by atoms with Gasteiger partial charge in [0.15, 0.2) is 0 Å². The number of nitrogens with zero attached hydrogens (tertiary/aromatic N) is 1. The number of anilines is 1. The first-order chi connectivity index (χ1) is 12.0. The maximum atomic E-state index is 12.8. The molecule has 0 aromatic heterocycles. The Morgan fingerprint density at radius 2 is 1.80 bits per heavy atom. The SMILES string of the molecule is CCc1ccc(NC(=O)C2CCCN2S(=O)(=O)c2ccccc2)cc1. The molecular weight excluding hydrogens is 336 g/mol. The third kappa shape index (κ3) is 3.75. The molecule has 25 heavy (non-hydrogen) atoms. The molecular formula is C19H22N2O3S. The Morgan fingerprint density at radius 1 is 1.12 bits per heavy atom. The summed E-state index contributed by atoms with van der Waals surface area (Å²) in [6.07, 6.45) is 2.14. The molecule has 0 radical (unpaired) electrons. The molecule has 0 spiro atoms. The van der Waals surface area contributed by atoms with Crippen molar-refractivity contribution < 1.29 is 13.2 Å². The second-order valence-corrected chi connectivity index (χ2v) is 8.02. The van der Waals surface area contributed by atoms with Gasteiger partial charge in [0, 0.05) is 12.2 Å². The minimum atomic E-state index is -3.66. The van der Waals surface area contributed by atoms with E-state index in [1.807, 2.05) is 24.3 Å². The predicted molar refractivity (Wildman–Crippen MR) is 97.8 cm³/mol. The van der Waals surface area contributed by atoms with Crippen LogP contribution in [-0.2, 0) is 21.2 Å². The molecule has 1 fully saturated rings. The first-order valence-electron chi connectivity index (χ1n) is 8.49. The molecule has 5 nitrogen and oxygen atoms in total. The summed E-state index contributed by atoms with van der Waals surface area (Å²) < 4.78 is 27.0. The van der Waals surface area contributed by atoms with Crippen LogP contribution >= 0.6 is 0 Å². The van der Waals surface area contributed by atoms with Crippen molar-refractivity contribution in [3.8, 4) is 0 Å². The Labute approximate surface area is 148 Å². The van der Waals surface area contributed by atoms with Crippen LogP contribution in [0.1, 0.15) is 25.3 Å².